The van der Waals surface area contributed by atoms with Crippen LogP contribution < -0.4 is 10.1 Å². The van der Waals surface area contributed by atoms with E-state index in [0.717, 1.165) is 24.4 Å². The maximum atomic E-state index is 5.31. The molecule has 1 N–H and O–H groups in total. The fourth-order valence-corrected chi connectivity index (χ4v) is 3.48. The zero-order chi connectivity index (χ0) is 16.8. The molecule has 0 saturated carbocycles. The lowest BCUT2D eigenvalue weighted by Gasteiger charge is -2.20. The standard InChI is InChI=1S/C20H22N2OS/c1-15-5-4-9-21-20(15)19(12-17-8-10-24-14-17)22-13-16-6-3-7-18(11-16)23-2/h3-11,14,19,22H,12-13H2,1-2H3/t19-/m1/s1. The third kappa shape index (κ3) is 4.22. The van der Waals surface area contributed by atoms with Crippen molar-refractivity contribution in [1.29, 1.82) is 0 Å². The summed E-state index contributed by atoms with van der Waals surface area (Å²) in [6.45, 7) is 2.90. The van der Waals surface area contributed by atoms with Gasteiger partial charge >= 0.3 is 0 Å². The zero-order valence-corrected chi connectivity index (χ0v) is 14.8. The van der Waals surface area contributed by atoms with Crippen molar-refractivity contribution < 1.29 is 4.74 Å². The van der Waals surface area contributed by atoms with Crippen LogP contribution in [-0.2, 0) is 13.0 Å². The molecule has 0 aliphatic rings. The molecule has 0 spiro atoms. The molecule has 0 amide bonds. The van der Waals surface area contributed by atoms with Gasteiger partial charge in [-0.15, -0.1) is 0 Å². The van der Waals surface area contributed by atoms with Crippen LogP contribution in [0, 0.1) is 6.92 Å². The largest absolute Gasteiger partial charge is 0.497 e. The molecule has 0 unspecified atom stereocenters. The van der Waals surface area contributed by atoms with Crippen LogP contribution in [0.5, 0.6) is 5.75 Å². The number of aromatic nitrogens is 1. The minimum atomic E-state index is 0.187. The van der Waals surface area contributed by atoms with Gasteiger partial charge in [0.05, 0.1) is 18.8 Å². The monoisotopic (exact) mass is 338 g/mol. The summed E-state index contributed by atoms with van der Waals surface area (Å²) < 4.78 is 5.31. The number of hydrogen-bond acceptors (Lipinski definition) is 4. The van der Waals surface area contributed by atoms with E-state index in [1.54, 1.807) is 18.4 Å². The smallest absolute Gasteiger partial charge is 0.119 e. The first-order valence-corrected chi connectivity index (χ1v) is 8.99. The first kappa shape index (κ1) is 16.7. The summed E-state index contributed by atoms with van der Waals surface area (Å²) in [6.07, 6.45) is 2.81. The second kappa shape index (κ2) is 8.08. The van der Waals surface area contributed by atoms with Gasteiger partial charge in [0.25, 0.3) is 0 Å². The van der Waals surface area contributed by atoms with Crippen molar-refractivity contribution in [3.05, 3.63) is 81.8 Å². The highest BCUT2D eigenvalue weighted by Gasteiger charge is 2.16. The molecule has 0 bridgehead atoms. The summed E-state index contributed by atoms with van der Waals surface area (Å²) >= 11 is 1.74. The van der Waals surface area contributed by atoms with Gasteiger partial charge in [-0.1, -0.05) is 18.2 Å². The Morgan fingerprint density at radius 1 is 1.17 bits per heavy atom. The Morgan fingerprint density at radius 3 is 2.83 bits per heavy atom. The van der Waals surface area contributed by atoms with E-state index in [9.17, 15) is 0 Å². The molecule has 0 aliphatic carbocycles. The van der Waals surface area contributed by atoms with Crippen LogP contribution in [0.15, 0.2) is 59.4 Å². The third-order valence-electron chi connectivity index (χ3n) is 4.09. The number of aryl methyl sites for hydroxylation is 1. The van der Waals surface area contributed by atoms with Gasteiger partial charge in [-0.25, -0.2) is 0 Å². The summed E-state index contributed by atoms with van der Waals surface area (Å²) in [5.74, 6) is 0.887. The summed E-state index contributed by atoms with van der Waals surface area (Å²) in [6, 6.07) is 14.7. The van der Waals surface area contributed by atoms with Gasteiger partial charge in [0.2, 0.25) is 0 Å². The van der Waals surface area contributed by atoms with Gasteiger partial charge in [-0.2, -0.15) is 11.3 Å². The van der Waals surface area contributed by atoms with Crippen molar-refractivity contribution in [2.24, 2.45) is 0 Å². The fourth-order valence-electron chi connectivity index (χ4n) is 2.80. The van der Waals surface area contributed by atoms with Crippen molar-refractivity contribution >= 4 is 11.3 Å². The molecule has 2 heterocycles. The molecule has 0 fully saturated rings. The van der Waals surface area contributed by atoms with Gasteiger partial charge in [-0.3, -0.25) is 4.98 Å². The Labute approximate surface area is 147 Å². The number of nitrogens with zero attached hydrogens (tertiary/aromatic N) is 1. The second-order valence-electron chi connectivity index (χ2n) is 5.83. The molecule has 124 valence electrons. The highest BCUT2D eigenvalue weighted by molar-refractivity contribution is 7.07. The lowest BCUT2D eigenvalue weighted by Crippen LogP contribution is -2.24. The topological polar surface area (TPSA) is 34.1 Å². The lowest BCUT2D eigenvalue weighted by molar-refractivity contribution is 0.413. The van der Waals surface area contributed by atoms with Gasteiger partial charge in [0, 0.05) is 12.7 Å². The predicted molar refractivity (Wildman–Crippen MR) is 99.6 cm³/mol. The zero-order valence-electron chi connectivity index (χ0n) is 14.0. The molecule has 3 aromatic rings. The Balaban J connectivity index is 1.78. The van der Waals surface area contributed by atoms with Crippen molar-refractivity contribution in [1.82, 2.24) is 10.3 Å². The number of thiophene rings is 1. The molecule has 4 heteroatoms. The van der Waals surface area contributed by atoms with Gasteiger partial charge < -0.3 is 10.1 Å². The minimum Gasteiger partial charge on any atom is -0.497 e. The van der Waals surface area contributed by atoms with Crippen molar-refractivity contribution in [3.8, 4) is 5.75 Å². The normalized spacial score (nSPS) is 12.1. The highest BCUT2D eigenvalue weighted by atomic mass is 32.1. The average Bonchev–Trinajstić information content (AvgIpc) is 3.12. The maximum absolute atomic E-state index is 5.31. The van der Waals surface area contributed by atoms with E-state index in [1.807, 2.05) is 24.4 Å². The van der Waals surface area contributed by atoms with Crippen LogP contribution in [0.2, 0.25) is 0 Å². The van der Waals surface area contributed by atoms with Crippen LogP contribution in [0.3, 0.4) is 0 Å². The Kier molecular flexibility index (Phi) is 5.62. The fraction of sp³-hybridized carbons (Fsp3) is 0.250. The summed E-state index contributed by atoms with van der Waals surface area (Å²) in [4.78, 5) is 4.62. The van der Waals surface area contributed by atoms with Crippen LogP contribution in [0.1, 0.15) is 28.4 Å². The van der Waals surface area contributed by atoms with Crippen molar-refractivity contribution in [2.45, 2.75) is 25.9 Å². The number of ether oxygens (including phenoxy) is 1. The Bertz CT molecular complexity index is 771. The molecule has 0 aliphatic heterocycles. The van der Waals surface area contributed by atoms with Crippen LogP contribution in [0.25, 0.3) is 0 Å². The van der Waals surface area contributed by atoms with Crippen molar-refractivity contribution in [3.63, 3.8) is 0 Å². The van der Waals surface area contributed by atoms with E-state index in [4.69, 9.17) is 4.74 Å². The SMILES string of the molecule is COc1cccc(CN[C@H](Cc2ccsc2)c2ncccc2C)c1. The first-order valence-electron chi connectivity index (χ1n) is 8.05. The molecular weight excluding hydrogens is 316 g/mol. The summed E-state index contributed by atoms with van der Waals surface area (Å²) in [5.41, 5.74) is 4.88. The van der Waals surface area contributed by atoms with Crippen LogP contribution in [-0.4, -0.2) is 12.1 Å². The van der Waals surface area contributed by atoms with Crippen LogP contribution in [0.4, 0.5) is 0 Å². The van der Waals surface area contributed by atoms with Gasteiger partial charge in [0.15, 0.2) is 0 Å². The summed E-state index contributed by atoms with van der Waals surface area (Å²) in [5, 5.41) is 8.00. The van der Waals surface area contributed by atoms with E-state index < -0.39 is 0 Å². The molecule has 2 aromatic heterocycles. The maximum Gasteiger partial charge on any atom is 0.119 e. The third-order valence-corrected chi connectivity index (χ3v) is 4.82. The van der Waals surface area contributed by atoms with Crippen LogP contribution >= 0.6 is 11.3 Å². The predicted octanol–water partition coefficient (Wildman–Crippen LogP) is 4.53. The number of pyridine rings is 1. The van der Waals surface area contributed by atoms with E-state index in [1.165, 1.54) is 16.7 Å². The van der Waals surface area contributed by atoms with E-state index in [0.29, 0.717) is 0 Å². The Morgan fingerprint density at radius 2 is 2.08 bits per heavy atom. The number of rotatable bonds is 7. The first-order chi connectivity index (χ1) is 11.8. The average molecular weight is 338 g/mol. The second-order valence-corrected chi connectivity index (χ2v) is 6.61. The highest BCUT2D eigenvalue weighted by Crippen LogP contribution is 2.22. The molecule has 1 aromatic carbocycles. The van der Waals surface area contributed by atoms with E-state index in [-0.39, 0.29) is 6.04 Å². The Hall–Kier alpha value is -2.17. The molecular formula is C20H22N2OS. The molecule has 0 radical (unpaired) electrons. The molecule has 0 saturated heterocycles. The van der Waals surface area contributed by atoms with Gasteiger partial charge in [-0.05, 0) is 65.1 Å². The molecule has 3 rings (SSSR count). The van der Waals surface area contributed by atoms with Crippen molar-refractivity contribution in [2.75, 3.05) is 7.11 Å². The quantitative estimate of drug-likeness (QED) is 0.687. The molecule has 1 atom stereocenters. The lowest BCUT2D eigenvalue weighted by atomic mass is 10.0. The number of methoxy groups -OCH3 is 1. The summed E-state index contributed by atoms with van der Waals surface area (Å²) in [7, 11) is 1.70. The van der Waals surface area contributed by atoms with Gasteiger partial charge in [0.1, 0.15) is 5.75 Å². The van der Waals surface area contributed by atoms with E-state index >= 15 is 0 Å². The molecule has 24 heavy (non-hydrogen) atoms. The number of nitrogens with one attached hydrogen (secondary N) is 1. The molecule has 3 nitrogen and oxygen atoms in total. The number of benzene rings is 1. The number of hydrogen-bond donors (Lipinski definition) is 1. The van der Waals surface area contributed by atoms with E-state index in [2.05, 4.69) is 52.3 Å². The minimum absolute atomic E-state index is 0.187.